The molecular weight excluding hydrogens is 354 g/mol. The van der Waals surface area contributed by atoms with Crippen molar-refractivity contribution in [3.8, 4) is 22.8 Å². The molecule has 0 saturated carbocycles. The molecular formula is C22H21N3O3. The molecule has 4 rings (SSSR count). The minimum Gasteiger partial charge on any atom is -0.478 e. The quantitative estimate of drug-likeness (QED) is 0.543. The van der Waals surface area contributed by atoms with E-state index in [4.69, 9.17) is 9.40 Å². The summed E-state index contributed by atoms with van der Waals surface area (Å²) in [6, 6.07) is 11.2. The predicted octanol–water partition coefficient (Wildman–Crippen LogP) is 5.00. The highest BCUT2D eigenvalue weighted by atomic mass is 16.4. The zero-order chi connectivity index (χ0) is 20.0. The lowest BCUT2D eigenvalue weighted by Gasteiger charge is -2.08. The van der Waals surface area contributed by atoms with Crippen LogP contribution in [-0.2, 0) is 6.54 Å². The van der Waals surface area contributed by atoms with Crippen molar-refractivity contribution in [3.05, 3.63) is 59.0 Å². The molecule has 0 aliphatic carbocycles. The maximum Gasteiger partial charge on any atom is 0.335 e. The van der Waals surface area contributed by atoms with Gasteiger partial charge in [0.25, 0.3) is 0 Å². The third-order valence-electron chi connectivity index (χ3n) is 4.89. The van der Waals surface area contributed by atoms with Gasteiger partial charge in [-0.15, -0.1) is 0 Å². The fraction of sp³-hybridized carbons (Fsp3) is 0.227. The molecule has 0 bridgehead atoms. The molecule has 2 heterocycles. The Morgan fingerprint density at radius 2 is 1.89 bits per heavy atom. The number of carboxylic acids is 1. The Bertz CT molecular complexity index is 1220. The van der Waals surface area contributed by atoms with Gasteiger partial charge in [0.05, 0.1) is 16.6 Å². The number of rotatable bonds is 4. The number of aromatic nitrogens is 3. The van der Waals surface area contributed by atoms with E-state index in [1.54, 1.807) is 18.2 Å². The van der Waals surface area contributed by atoms with Crippen molar-refractivity contribution in [2.24, 2.45) is 0 Å². The molecule has 4 aromatic rings. The minimum atomic E-state index is -0.971. The summed E-state index contributed by atoms with van der Waals surface area (Å²) in [5.74, 6) is 0.835. The van der Waals surface area contributed by atoms with Gasteiger partial charge in [0.15, 0.2) is 17.5 Å². The maximum atomic E-state index is 11.3. The second-order valence-electron chi connectivity index (χ2n) is 6.92. The molecule has 142 valence electrons. The van der Waals surface area contributed by atoms with Crippen LogP contribution in [0.25, 0.3) is 33.9 Å². The number of oxazole rings is 1. The second kappa shape index (κ2) is 6.64. The second-order valence-corrected chi connectivity index (χ2v) is 6.92. The van der Waals surface area contributed by atoms with Gasteiger partial charge in [0, 0.05) is 19.0 Å². The van der Waals surface area contributed by atoms with Gasteiger partial charge in [-0.05, 0) is 44.5 Å². The van der Waals surface area contributed by atoms with Crippen LogP contribution in [0.5, 0.6) is 0 Å². The van der Waals surface area contributed by atoms with E-state index in [0.717, 1.165) is 22.3 Å². The molecule has 6 nitrogen and oxygen atoms in total. The summed E-state index contributed by atoms with van der Waals surface area (Å²) in [6.45, 7) is 8.62. The zero-order valence-corrected chi connectivity index (χ0v) is 16.3. The molecule has 2 aromatic heterocycles. The van der Waals surface area contributed by atoms with Crippen LogP contribution >= 0.6 is 0 Å². The number of fused-ring (bicyclic) bond motifs is 1. The van der Waals surface area contributed by atoms with Crippen LogP contribution in [0.3, 0.4) is 0 Å². The van der Waals surface area contributed by atoms with Crippen LogP contribution in [0, 0.1) is 20.8 Å². The van der Waals surface area contributed by atoms with E-state index >= 15 is 0 Å². The summed E-state index contributed by atoms with van der Waals surface area (Å²) >= 11 is 0. The van der Waals surface area contributed by atoms with Gasteiger partial charge in [0.1, 0.15) is 5.69 Å². The standard InChI is InChI=1S/C22H21N3O3/c1-5-25-18-9-7-15(22(26)27)11-17(18)24-21(25)20-19(23-14(4)28-20)16-8-6-12(2)10-13(16)3/h6-11H,5H2,1-4H3,(H,26,27). The molecule has 2 aromatic carbocycles. The molecule has 1 N–H and O–H groups in total. The molecule has 0 spiro atoms. The van der Waals surface area contributed by atoms with E-state index in [2.05, 4.69) is 31.0 Å². The monoisotopic (exact) mass is 375 g/mol. The first-order valence-electron chi connectivity index (χ1n) is 9.18. The summed E-state index contributed by atoms with van der Waals surface area (Å²) < 4.78 is 8.00. The molecule has 0 unspecified atom stereocenters. The number of carbonyl (C=O) groups is 1. The number of hydrogen-bond acceptors (Lipinski definition) is 4. The molecule has 0 aliphatic rings. The minimum absolute atomic E-state index is 0.211. The van der Waals surface area contributed by atoms with E-state index in [1.807, 2.05) is 24.5 Å². The van der Waals surface area contributed by atoms with Crippen molar-refractivity contribution >= 4 is 17.0 Å². The number of benzene rings is 2. The van der Waals surface area contributed by atoms with Crippen molar-refractivity contribution in [1.29, 1.82) is 0 Å². The van der Waals surface area contributed by atoms with E-state index in [9.17, 15) is 9.90 Å². The summed E-state index contributed by atoms with van der Waals surface area (Å²) in [4.78, 5) is 20.7. The van der Waals surface area contributed by atoms with Gasteiger partial charge in [0.2, 0.25) is 0 Å². The summed E-state index contributed by atoms with van der Waals surface area (Å²) in [5.41, 5.74) is 5.74. The Balaban J connectivity index is 1.97. The van der Waals surface area contributed by atoms with Gasteiger partial charge in [-0.2, -0.15) is 0 Å². The fourth-order valence-corrected chi connectivity index (χ4v) is 3.60. The van der Waals surface area contributed by atoms with E-state index in [0.29, 0.717) is 29.5 Å². The summed E-state index contributed by atoms with van der Waals surface area (Å²) in [7, 11) is 0. The molecule has 0 aliphatic heterocycles. The van der Waals surface area contributed by atoms with E-state index in [1.165, 1.54) is 5.56 Å². The maximum absolute atomic E-state index is 11.3. The van der Waals surface area contributed by atoms with Crippen molar-refractivity contribution < 1.29 is 14.3 Å². The lowest BCUT2D eigenvalue weighted by Crippen LogP contribution is -1.99. The Labute approximate surface area is 162 Å². The smallest absolute Gasteiger partial charge is 0.335 e. The third kappa shape index (κ3) is 2.87. The van der Waals surface area contributed by atoms with Crippen LogP contribution in [-0.4, -0.2) is 25.6 Å². The fourth-order valence-electron chi connectivity index (χ4n) is 3.60. The first kappa shape index (κ1) is 18.0. The van der Waals surface area contributed by atoms with Gasteiger partial charge >= 0.3 is 5.97 Å². The largest absolute Gasteiger partial charge is 0.478 e. The van der Waals surface area contributed by atoms with Crippen LogP contribution in [0.1, 0.15) is 34.3 Å². The number of hydrogen-bond donors (Lipinski definition) is 1. The topological polar surface area (TPSA) is 81.2 Å². The predicted molar refractivity (Wildman–Crippen MR) is 108 cm³/mol. The Morgan fingerprint density at radius 3 is 2.57 bits per heavy atom. The highest BCUT2D eigenvalue weighted by Gasteiger charge is 2.23. The average molecular weight is 375 g/mol. The molecule has 0 radical (unpaired) electrons. The van der Waals surface area contributed by atoms with Gasteiger partial charge in [-0.25, -0.2) is 14.8 Å². The Hall–Kier alpha value is -3.41. The molecule has 0 fully saturated rings. The third-order valence-corrected chi connectivity index (χ3v) is 4.89. The average Bonchev–Trinajstić information content (AvgIpc) is 3.20. The molecule has 6 heteroatoms. The molecule has 0 amide bonds. The van der Waals surface area contributed by atoms with Crippen LogP contribution < -0.4 is 0 Å². The first-order chi connectivity index (χ1) is 13.4. The van der Waals surface area contributed by atoms with E-state index in [-0.39, 0.29) is 5.56 Å². The Kier molecular flexibility index (Phi) is 4.26. The van der Waals surface area contributed by atoms with Crippen molar-refractivity contribution in [3.63, 3.8) is 0 Å². The highest BCUT2D eigenvalue weighted by molar-refractivity contribution is 5.93. The number of nitrogens with zero attached hydrogens (tertiary/aromatic N) is 3. The van der Waals surface area contributed by atoms with E-state index < -0.39 is 5.97 Å². The lowest BCUT2D eigenvalue weighted by molar-refractivity contribution is 0.0697. The van der Waals surface area contributed by atoms with Crippen LogP contribution in [0.2, 0.25) is 0 Å². The highest BCUT2D eigenvalue weighted by Crippen LogP contribution is 2.35. The lowest BCUT2D eigenvalue weighted by atomic mass is 10.0. The number of aromatic carboxylic acids is 1. The first-order valence-corrected chi connectivity index (χ1v) is 9.18. The normalized spacial score (nSPS) is 11.3. The molecule has 0 atom stereocenters. The van der Waals surface area contributed by atoms with Crippen LogP contribution in [0.15, 0.2) is 40.8 Å². The van der Waals surface area contributed by atoms with Gasteiger partial charge in [-0.1, -0.05) is 23.8 Å². The van der Waals surface area contributed by atoms with Crippen molar-refractivity contribution in [2.45, 2.75) is 34.2 Å². The molecule has 0 saturated heterocycles. The number of imidazole rings is 1. The van der Waals surface area contributed by atoms with Crippen molar-refractivity contribution in [2.75, 3.05) is 0 Å². The Morgan fingerprint density at radius 1 is 1.11 bits per heavy atom. The SMILES string of the molecule is CCn1c(-c2oc(C)nc2-c2ccc(C)cc2C)nc2cc(C(=O)O)ccc21. The number of aryl methyl sites for hydroxylation is 4. The van der Waals surface area contributed by atoms with Gasteiger partial charge in [-0.3, -0.25) is 0 Å². The van der Waals surface area contributed by atoms with Crippen LogP contribution in [0.4, 0.5) is 0 Å². The molecule has 28 heavy (non-hydrogen) atoms. The van der Waals surface area contributed by atoms with Crippen molar-refractivity contribution in [1.82, 2.24) is 14.5 Å². The summed E-state index contributed by atoms with van der Waals surface area (Å²) in [6.07, 6.45) is 0. The number of carboxylic acid groups (broad SMARTS) is 1. The van der Waals surface area contributed by atoms with Gasteiger partial charge < -0.3 is 14.1 Å². The zero-order valence-electron chi connectivity index (χ0n) is 16.3. The summed E-state index contributed by atoms with van der Waals surface area (Å²) in [5, 5.41) is 9.28.